The van der Waals surface area contributed by atoms with E-state index < -0.39 is 5.97 Å². The van der Waals surface area contributed by atoms with Gasteiger partial charge in [0.25, 0.3) is 0 Å². The highest BCUT2D eigenvalue weighted by Crippen LogP contribution is 1.99. The Morgan fingerprint density at radius 3 is 2.43 bits per heavy atom. The minimum absolute atomic E-state index is 0.179. The molecule has 0 radical (unpaired) electrons. The Morgan fingerprint density at radius 2 is 1.93 bits per heavy atom. The third-order valence-corrected chi connectivity index (χ3v) is 2.07. The first-order chi connectivity index (χ1) is 6.70. The van der Waals surface area contributed by atoms with Crippen LogP contribution in [-0.2, 0) is 4.79 Å². The lowest BCUT2D eigenvalue weighted by Crippen LogP contribution is -2.28. The van der Waals surface area contributed by atoms with Gasteiger partial charge in [-0.25, -0.2) is 0 Å². The summed E-state index contributed by atoms with van der Waals surface area (Å²) in [5.74, 6) is -0.728. The monoisotopic (exact) mass is 203 g/mol. The fourth-order valence-electron chi connectivity index (χ4n) is 1.40. The fourth-order valence-corrected chi connectivity index (χ4v) is 1.40. The molecule has 0 saturated heterocycles. The van der Waals surface area contributed by atoms with Gasteiger partial charge in [-0.1, -0.05) is 6.92 Å². The van der Waals surface area contributed by atoms with Gasteiger partial charge in [0.15, 0.2) is 0 Å². The predicted octanol–water partition coefficient (Wildman–Crippen LogP) is 0.946. The van der Waals surface area contributed by atoms with Crippen molar-refractivity contribution in [3.63, 3.8) is 0 Å². The van der Waals surface area contributed by atoms with E-state index in [2.05, 4.69) is 11.8 Å². The summed E-state index contributed by atoms with van der Waals surface area (Å²) >= 11 is 0. The molecular weight excluding hydrogens is 182 g/mol. The van der Waals surface area contributed by atoms with E-state index in [-0.39, 0.29) is 13.0 Å². The zero-order valence-corrected chi connectivity index (χ0v) is 8.91. The van der Waals surface area contributed by atoms with E-state index in [9.17, 15) is 4.79 Å². The average molecular weight is 203 g/mol. The Kier molecular flexibility index (Phi) is 8.57. The Balaban J connectivity index is 3.44. The van der Waals surface area contributed by atoms with Crippen molar-refractivity contribution in [1.82, 2.24) is 4.90 Å². The van der Waals surface area contributed by atoms with Gasteiger partial charge >= 0.3 is 5.97 Å². The fraction of sp³-hybridized carbons (Fsp3) is 0.900. The van der Waals surface area contributed by atoms with E-state index in [1.807, 2.05) is 0 Å². The first-order valence-electron chi connectivity index (χ1n) is 5.25. The normalized spacial score (nSPS) is 10.8. The van der Waals surface area contributed by atoms with Crippen LogP contribution in [-0.4, -0.2) is 47.3 Å². The second kappa shape index (κ2) is 8.97. The number of hydrogen-bond donors (Lipinski definition) is 2. The molecule has 0 aliphatic heterocycles. The molecule has 0 spiro atoms. The predicted molar refractivity (Wildman–Crippen MR) is 55.3 cm³/mol. The molecule has 0 heterocycles. The minimum Gasteiger partial charge on any atom is -0.481 e. The van der Waals surface area contributed by atoms with Crippen molar-refractivity contribution in [3.05, 3.63) is 0 Å². The van der Waals surface area contributed by atoms with Crippen LogP contribution in [0.5, 0.6) is 0 Å². The van der Waals surface area contributed by atoms with Gasteiger partial charge in [0.2, 0.25) is 0 Å². The van der Waals surface area contributed by atoms with E-state index in [1.165, 1.54) is 0 Å². The van der Waals surface area contributed by atoms with Crippen LogP contribution in [0.15, 0.2) is 0 Å². The lowest BCUT2D eigenvalue weighted by atomic mass is 10.2. The number of nitrogens with zero attached hydrogens (tertiary/aromatic N) is 1. The molecule has 4 heteroatoms. The highest BCUT2D eigenvalue weighted by atomic mass is 16.4. The van der Waals surface area contributed by atoms with Gasteiger partial charge in [0, 0.05) is 13.0 Å². The molecule has 0 amide bonds. The van der Waals surface area contributed by atoms with Gasteiger partial charge in [0.1, 0.15) is 0 Å². The molecular formula is C10H21NO3. The Morgan fingerprint density at radius 1 is 1.21 bits per heavy atom. The molecule has 0 aliphatic carbocycles. The number of carboxylic acid groups (broad SMARTS) is 1. The highest BCUT2D eigenvalue weighted by Gasteiger charge is 2.03. The van der Waals surface area contributed by atoms with Gasteiger partial charge in [-0.2, -0.15) is 0 Å². The molecule has 0 unspecified atom stereocenters. The van der Waals surface area contributed by atoms with Gasteiger partial charge in [-0.05, 0) is 32.4 Å². The van der Waals surface area contributed by atoms with Crippen molar-refractivity contribution >= 4 is 5.97 Å². The summed E-state index contributed by atoms with van der Waals surface area (Å²) in [5, 5.41) is 17.2. The first kappa shape index (κ1) is 13.4. The molecule has 0 saturated carbocycles. The second-order valence-electron chi connectivity index (χ2n) is 3.42. The van der Waals surface area contributed by atoms with Crippen LogP contribution in [0.2, 0.25) is 0 Å². The third-order valence-electron chi connectivity index (χ3n) is 2.07. The summed E-state index contributed by atoms with van der Waals surface area (Å²) in [6.45, 7) is 4.84. The Bertz CT molecular complexity index is 144. The Hall–Kier alpha value is -0.610. The quantitative estimate of drug-likeness (QED) is 0.548. The standard InChI is InChI=1S/C10H21NO3/c1-2-6-11(8-9-12)7-4-3-5-10(13)14/h12H,2-9H2,1H3,(H,13,14). The number of carboxylic acids is 1. The molecule has 0 aromatic rings. The van der Waals surface area contributed by atoms with Crippen LogP contribution in [0.25, 0.3) is 0 Å². The highest BCUT2D eigenvalue weighted by molar-refractivity contribution is 5.66. The average Bonchev–Trinajstić information content (AvgIpc) is 2.12. The van der Waals surface area contributed by atoms with Crippen molar-refractivity contribution in [2.45, 2.75) is 32.6 Å². The van der Waals surface area contributed by atoms with E-state index in [1.54, 1.807) is 0 Å². The van der Waals surface area contributed by atoms with E-state index in [0.29, 0.717) is 6.54 Å². The summed E-state index contributed by atoms with van der Waals surface area (Å²) in [6, 6.07) is 0. The lowest BCUT2D eigenvalue weighted by Gasteiger charge is -2.19. The van der Waals surface area contributed by atoms with Crippen molar-refractivity contribution in [3.8, 4) is 0 Å². The molecule has 2 N–H and O–H groups in total. The third kappa shape index (κ3) is 8.01. The van der Waals surface area contributed by atoms with E-state index >= 15 is 0 Å². The summed E-state index contributed by atoms with van der Waals surface area (Å²) in [4.78, 5) is 12.4. The Labute approximate surface area is 85.5 Å². The van der Waals surface area contributed by atoms with Crippen LogP contribution in [0.3, 0.4) is 0 Å². The SMILES string of the molecule is CCCN(CCO)CCCCC(=O)O. The molecule has 0 rings (SSSR count). The molecule has 0 aliphatic rings. The molecule has 4 nitrogen and oxygen atoms in total. The lowest BCUT2D eigenvalue weighted by molar-refractivity contribution is -0.137. The van der Waals surface area contributed by atoms with Crippen molar-refractivity contribution in [2.24, 2.45) is 0 Å². The van der Waals surface area contributed by atoms with Crippen LogP contribution in [0, 0.1) is 0 Å². The summed E-state index contributed by atoms with van der Waals surface area (Å²) in [7, 11) is 0. The van der Waals surface area contributed by atoms with Gasteiger partial charge in [-0.3, -0.25) is 4.79 Å². The van der Waals surface area contributed by atoms with Gasteiger partial charge in [-0.15, -0.1) is 0 Å². The van der Waals surface area contributed by atoms with Crippen LogP contribution in [0.1, 0.15) is 32.6 Å². The number of carbonyl (C=O) groups is 1. The van der Waals surface area contributed by atoms with Gasteiger partial charge in [0.05, 0.1) is 6.61 Å². The molecule has 0 fully saturated rings. The molecule has 84 valence electrons. The van der Waals surface area contributed by atoms with Crippen molar-refractivity contribution < 1.29 is 15.0 Å². The zero-order valence-electron chi connectivity index (χ0n) is 8.91. The zero-order chi connectivity index (χ0) is 10.8. The maximum atomic E-state index is 10.2. The summed E-state index contributed by atoms with van der Waals surface area (Å²) in [6.07, 6.45) is 2.94. The number of aliphatic hydroxyl groups is 1. The van der Waals surface area contributed by atoms with E-state index in [0.717, 1.165) is 32.4 Å². The number of aliphatic carboxylic acids is 1. The van der Waals surface area contributed by atoms with Crippen LogP contribution in [0.4, 0.5) is 0 Å². The molecule has 0 bridgehead atoms. The molecule has 14 heavy (non-hydrogen) atoms. The first-order valence-corrected chi connectivity index (χ1v) is 5.25. The summed E-state index contributed by atoms with van der Waals surface area (Å²) < 4.78 is 0. The molecule has 0 aromatic carbocycles. The van der Waals surface area contributed by atoms with E-state index in [4.69, 9.17) is 10.2 Å². The number of hydrogen-bond acceptors (Lipinski definition) is 3. The second-order valence-corrected chi connectivity index (χ2v) is 3.42. The van der Waals surface area contributed by atoms with Gasteiger partial charge < -0.3 is 15.1 Å². The molecule has 0 aromatic heterocycles. The largest absolute Gasteiger partial charge is 0.481 e. The summed E-state index contributed by atoms with van der Waals surface area (Å²) in [5.41, 5.74) is 0. The van der Waals surface area contributed by atoms with Crippen molar-refractivity contribution in [2.75, 3.05) is 26.2 Å². The topological polar surface area (TPSA) is 60.8 Å². The minimum atomic E-state index is -0.728. The van der Waals surface area contributed by atoms with Crippen LogP contribution >= 0.6 is 0 Å². The number of aliphatic hydroxyl groups excluding tert-OH is 1. The van der Waals surface area contributed by atoms with Crippen LogP contribution < -0.4 is 0 Å². The molecule has 0 atom stereocenters. The maximum Gasteiger partial charge on any atom is 0.303 e. The maximum absolute atomic E-state index is 10.2. The number of rotatable bonds is 9. The smallest absolute Gasteiger partial charge is 0.303 e. The number of unbranched alkanes of at least 4 members (excludes halogenated alkanes) is 1. The van der Waals surface area contributed by atoms with Crippen molar-refractivity contribution in [1.29, 1.82) is 0 Å².